The monoisotopic (exact) mass is 299 g/mol. The van der Waals surface area contributed by atoms with Crippen LogP contribution in [0.3, 0.4) is 0 Å². The van der Waals surface area contributed by atoms with Gasteiger partial charge in [-0.05, 0) is 36.5 Å². The van der Waals surface area contributed by atoms with Crippen LogP contribution in [0.4, 0.5) is 13.2 Å². The normalized spacial score (nSPS) is 18.9. The summed E-state index contributed by atoms with van der Waals surface area (Å²) < 4.78 is 37.4. The molecule has 0 unspecified atom stereocenters. The van der Waals surface area contributed by atoms with Crippen molar-refractivity contribution in [3.05, 3.63) is 47.3 Å². The van der Waals surface area contributed by atoms with Gasteiger partial charge in [0.1, 0.15) is 0 Å². The van der Waals surface area contributed by atoms with Crippen LogP contribution in [0.1, 0.15) is 25.7 Å². The van der Waals surface area contributed by atoms with Crippen LogP contribution < -0.4 is 0 Å². The summed E-state index contributed by atoms with van der Waals surface area (Å²) in [5.41, 5.74) is 1.87. The van der Waals surface area contributed by atoms with Crippen LogP contribution in [0.15, 0.2) is 47.3 Å². The maximum Gasteiger partial charge on any atom is 0.390 e. The molecule has 0 aromatic carbocycles. The number of rotatable bonds is 4. The van der Waals surface area contributed by atoms with Crippen molar-refractivity contribution in [2.24, 2.45) is 0 Å². The predicted octanol–water partition coefficient (Wildman–Crippen LogP) is 3.77. The Morgan fingerprint density at radius 2 is 2.10 bits per heavy atom. The zero-order chi connectivity index (χ0) is 15.6. The topological polar surface area (TPSA) is 40.5 Å². The van der Waals surface area contributed by atoms with Crippen molar-refractivity contribution in [3.63, 3.8) is 0 Å². The van der Waals surface area contributed by atoms with E-state index in [-0.39, 0.29) is 12.1 Å². The molecule has 3 nitrogen and oxygen atoms in total. The van der Waals surface area contributed by atoms with Crippen molar-refractivity contribution < 1.29 is 23.1 Å². The number of aliphatic carboxylic acids is 1. The van der Waals surface area contributed by atoms with Gasteiger partial charge in [0.2, 0.25) is 0 Å². The van der Waals surface area contributed by atoms with Crippen LogP contribution in [-0.2, 0) is 4.79 Å². The molecular weight excluding hydrogens is 283 g/mol. The Hall–Kier alpha value is -1.98. The smallest absolute Gasteiger partial charge is 0.390 e. The average Bonchev–Trinajstić information content (AvgIpc) is 2.33. The Bertz CT molecular complexity index is 550. The standard InChI is InChI=1S/C15H16F3NO2/c1-2-10-8-12(14(20)21)13(11-4-3-5-11)19(9-10)7-6-15(16,17)18/h2,8-9H,1,3-7H2,(H,20,21). The molecule has 1 aliphatic carbocycles. The van der Waals surface area contributed by atoms with E-state index < -0.39 is 18.6 Å². The molecule has 2 rings (SSSR count). The van der Waals surface area contributed by atoms with Crippen molar-refractivity contribution >= 4 is 5.97 Å². The van der Waals surface area contributed by atoms with Crippen LogP contribution >= 0.6 is 0 Å². The zero-order valence-electron chi connectivity index (χ0n) is 11.4. The lowest BCUT2D eigenvalue weighted by Gasteiger charge is -2.33. The molecule has 1 saturated carbocycles. The number of carboxylic acids is 1. The van der Waals surface area contributed by atoms with Gasteiger partial charge in [0.05, 0.1) is 17.7 Å². The van der Waals surface area contributed by atoms with Crippen LogP contribution in [0.5, 0.6) is 0 Å². The predicted molar refractivity (Wildman–Crippen MR) is 72.3 cm³/mol. The molecule has 1 N–H and O–H groups in total. The molecule has 6 heteroatoms. The van der Waals surface area contributed by atoms with Gasteiger partial charge in [-0.25, -0.2) is 4.79 Å². The Kier molecular flexibility index (Phi) is 4.25. The lowest BCUT2D eigenvalue weighted by Crippen LogP contribution is -2.30. The van der Waals surface area contributed by atoms with Crippen molar-refractivity contribution in [2.45, 2.75) is 31.9 Å². The second kappa shape index (κ2) is 5.79. The second-order valence-corrected chi connectivity index (χ2v) is 5.06. The molecule has 1 fully saturated rings. The van der Waals surface area contributed by atoms with E-state index in [0.717, 1.165) is 24.8 Å². The first-order chi connectivity index (χ1) is 9.81. The van der Waals surface area contributed by atoms with E-state index in [1.807, 2.05) is 0 Å². The largest absolute Gasteiger partial charge is 0.478 e. The van der Waals surface area contributed by atoms with E-state index in [2.05, 4.69) is 6.58 Å². The third kappa shape index (κ3) is 3.56. The average molecular weight is 299 g/mol. The van der Waals surface area contributed by atoms with Gasteiger partial charge in [-0.2, -0.15) is 13.2 Å². The molecule has 0 amide bonds. The van der Waals surface area contributed by atoms with Gasteiger partial charge in [-0.1, -0.05) is 12.7 Å². The first kappa shape index (κ1) is 15.4. The number of halogens is 3. The van der Waals surface area contributed by atoms with Crippen molar-refractivity contribution in [1.82, 2.24) is 4.90 Å². The van der Waals surface area contributed by atoms with Gasteiger partial charge in [-0.3, -0.25) is 0 Å². The van der Waals surface area contributed by atoms with E-state index >= 15 is 0 Å². The lowest BCUT2D eigenvalue weighted by molar-refractivity contribution is -0.136. The minimum Gasteiger partial charge on any atom is -0.478 e. The van der Waals surface area contributed by atoms with E-state index in [0.29, 0.717) is 11.3 Å². The van der Waals surface area contributed by atoms with Crippen LogP contribution in [-0.4, -0.2) is 28.7 Å². The number of hydrogen-bond acceptors (Lipinski definition) is 2. The molecule has 0 aromatic rings. The Balaban J connectivity index is 2.35. The lowest BCUT2D eigenvalue weighted by atomic mass is 9.86. The summed E-state index contributed by atoms with van der Waals surface area (Å²) in [5, 5.41) is 9.32. The Morgan fingerprint density at radius 3 is 2.52 bits per heavy atom. The molecule has 1 heterocycles. The minimum absolute atomic E-state index is 0.0456. The van der Waals surface area contributed by atoms with Crippen LogP contribution in [0.25, 0.3) is 0 Å². The van der Waals surface area contributed by atoms with Gasteiger partial charge < -0.3 is 10.0 Å². The van der Waals surface area contributed by atoms with E-state index in [9.17, 15) is 23.1 Å². The van der Waals surface area contributed by atoms with Crippen molar-refractivity contribution in [2.75, 3.05) is 6.54 Å². The third-order valence-electron chi connectivity index (χ3n) is 3.55. The number of carboxylic acid groups (broad SMARTS) is 1. The molecule has 0 spiro atoms. The zero-order valence-corrected chi connectivity index (χ0v) is 11.4. The first-order valence-electron chi connectivity index (χ1n) is 6.67. The molecule has 21 heavy (non-hydrogen) atoms. The maximum atomic E-state index is 12.5. The Labute approximate surface area is 120 Å². The molecular formula is C15H16F3NO2. The van der Waals surface area contributed by atoms with E-state index in [4.69, 9.17) is 0 Å². The number of alkyl halides is 3. The van der Waals surface area contributed by atoms with Crippen molar-refractivity contribution in [1.29, 1.82) is 0 Å². The number of carbonyl (C=O) groups is 1. The van der Waals surface area contributed by atoms with Crippen LogP contribution in [0.2, 0.25) is 0 Å². The second-order valence-electron chi connectivity index (χ2n) is 5.06. The van der Waals surface area contributed by atoms with Crippen molar-refractivity contribution in [3.8, 4) is 0 Å². The molecule has 114 valence electrons. The molecule has 0 aromatic heterocycles. The fraction of sp³-hybridized carbons (Fsp3) is 0.400. The quantitative estimate of drug-likeness (QED) is 0.859. The molecule has 1 aliphatic heterocycles. The van der Waals surface area contributed by atoms with E-state index in [1.54, 1.807) is 0 Å². The summed E-state index contributed by atoms with van der Waals surface area (Å²) in [6.45, 7) is 3.27. The summed E-state index contributed by atoms with van der Waals surface area (Å²) >= 11 is 0. The summed E-state index contributed by atoms with van der Waals surface area (Å²) in [6.07, 6.45) is 1.58. The molecule has 0 radical (unpaired) electrons. The maximum absolute atomic E-state index is 12.5. The summed E-state index contributed by atoms with van der Waals surface area (Å²) in [5.74, 6) is -1.13. The fourth-order valence-corrected chi connectivity index (χ4v) is 2.35. The minimum atomic E-state index is -4.28. The number of hydrogen-bond donors (Lipinski definition) is 1. The highest BCUT2D eigenvalue weighted by Crippen LogP contribution is 2.37. The van der Waals surface area contributed by atoms with Gasteiger partial charge in [0.25, 0.3) is 0 Å². The van der Waals surface area contributed by atoms with Crippen LogP contribution in [0, 0.1) is 0 Å². The van der Waals surface area contributed by atoms with Gasteiger partial charge in [-0.15, -0.1) is 0 Å². The molecule has 0 bridgehead atoms. The molecule has 2 aliphatic rings. The SMILES string of the molecule is C=CC1=CN(CCC(F)(F)F)C(=C2CCC2)C(C(=O)O)=C1. The number of nitrogens with zero attached hydrogens (tertiary/aromatic N) is 1. The summed E-state index contributed by atoms with van der Waals surface area (Å²) in [7, 11) is 0. The fourth-order valence-electron chi connectivity index (χ4n) is 2.35. The molecule has 0 saturated heterocycles. The Morgan fingerprint density at radius 1 is 1.43 bits per heavy atom. The number of allylic oxidation sites excluding steroid dienone is 4. The third-order valence-corrected chi connectivity index (χ3v) is 3.55. The molecule has 0 atom stereocenters. The van der Waals surface area contributed by atoms with Gasteiger partial charge in [0.15, 0.2) is 0 Å². The van der Waals surface area contributed by atoms with Gasteiger partial charge >= 0.3 is 12.1 Å². The highest BCUT2D eigenvalue weighted by Gasteiger charge is 2.32. The summed E-state index contributed by atoms with van der Waals surface area (Å²) in [6, 6.07) is 0. The van der Waals surface area contributed by atoms with Gasteiger partial charge in [0, 0.05) is 12.7 Å². The highest BCUT2D eigenvalue weighted by molar-refractivity contribution is 5.93. The highest BCUT2D eigenvalue weighted by atomic mass is 19.4. The van der Waals surface area contributed by atoms with E-state index in [1.165, 1.54) is 23.3 Å². The first-order valence-corrected chi connectivity index (χ1v) is 6.67. The summed E-state index contributed by atoms with van der Waals surface area (Å²) in [4.78, 5) is 12.8.